The lowest BCUT2D eigenvalue weighted by Crippen LogP contribution is -2.46. The quantitative estimate of drug-likeness (QED) is 0.589. The van der Waals surface area contributed by atoms with Crippen LogP contribution in [0.4, 0.5) is 4.79 Å². The molecule has 174 valence electrons. The Hall–Kier alpha value is -3.67. The zero-order valence-electron chi connectivity index (χ0n) is 19.4. The average molecular weight is 456 g/mol. The Bertz CT molecular complexity index is 1230. The third-order valence-corrected chi connectivity index (χ3v) is 7.23. The summed E-state index contributed by atoms with van der Waals surface area (Å²) in [5, 5.41) is 4.88. The third kappa shape index (κ3) is 4.16. The highest BCUT2D eigenvalue weighted by Gasteiger charge is 2.49. The molecule has 4 amide bonds. The van der Waals surface area contributed by atoms with Gasteiger partial charge >= 0.3 is 6.03 Å². The molecule has 0 bridgehead atoms. The van der Waals surface area contributed by atoms with Crippen molar-refractivity contribution in [3.8, 4) is 0 Å². The maximum absolute atomic E-state index is 13.3. The van der Waals surface area contributed by atoms with E-state index >= 15 is 0 Å². The van der Waals surface area contributed by atoms with E-state index in [4.69, 9.17) is 0 Å². The number of piperidine rings is 1. The van der Waals surface area contributed by atoms with Crippen molar-refractivity contribution in [2.45, 2.75) is 31.7 Å². The van der Waals surface area contributed by atoms with Crippen LogP contribution in [0.2, 0.25) is 0 Å². The smallest absolute Gasteiger partial charge is 0.325 e. The molecule has 1 atom stereocenters. The Morgan fingerprint density at radius 1 is 0.941 bits per heavy atom. The fourth-order valence-corrected chi connectivity index (χ4v) is 5.11. The molecule has 2 aliphatic rings. The van der Waals surface area contributed by atoms with Gasteiger partial charge in [0.2, 0.25) is 5.91 Å². The first-order chi connectivity index (χ1) is 16.4. The van der Waals surface area contributed by atoms with Gasteiger partial charge in [-0.25, -0.2) is 4.79 Å². The Labute approximate surface area is 199 Å². The van der Waals surface area contributed by atoms with Gasteiger partial charge in [0.15, 0.2) is 0 Å². The Morgan fingerprint density at radius 3 is 2.35 bits per heavy atom. The number of rotatable bonds is 5. The molecule has 0 radical (unpaired) electrons. The van der Waals surface area contributed by atoms with Gasteiger partial charge in [-0.2, -0.15) is 0 Å². The van der Waals surface area contributed by atoms with Gasteiger partial charge in [0.05, 0.1) is 0 Å². The number of hydrogen-bond donors (Lipinski definition) is 1. The van der Waals surface area contributed by atoms with Crippen molar-refractivity contribution >= 4 is 28.6 Å². The van der Waals surface area contributed by atoms with Crippen molar-refractivity contribution in [3.05, 3.63) is 83.9 Å². The SMILES string of the molecule is C[C@@]1(c2ccc3ccccc3c2)NC(=O)N(CC(=O)N2CCC(Cc3ccccc3)CC2)C1=O. The van der Waals surface area contributed by atoms with Crippen molar-refractivity contribution in [1.29, 1.82) is 0 Å². The number of carbonyl (C=O) groups excluding carboxylic acids is 3. The number of likely N-dealkylation sites (tertiary alicyclic amines) is 1. The third-order valence-electron chi connectivity index (χ3n) is 7.23. The van der Waals surface area contributed by atoms with E-state index in [0.29, 0.717) is 24.6 Å². The standard InChI is InChI=1S/C28H29N3O3/c1-28(24-12-11-22-9-5-6-10-23(22)18-24)26(33)31(27(34)29-28)19-25(32)30-15-13-21(14-16-30)17-20-7-3-2-4-8-20/h2-12,18,21H,13-17,19H2,1H3,(H,29,34)/t28-/m0/s1. The van der Waals surface area contributed by atoms with Crippen LogP contribution in [0.25, 0.3) is 10.8 Å². The molecule has 0 saturated carbocycles. The van der Waals surface area contributed by atoms with Gasteiger partial charge in [0.1, 0.15) is 12.1 Å². The van der Waals surface area contributed by atoms with Crippen LogP contribution < -0.4 is 5.32 Å². The van der Waals surface area contributed by atoms with E-state index in [1.165, 1.54) is 5.56 Å². The van der Waals surface area contributed by atoms with Crippen molar-refractivity contribution in [1.82, 2.24) is 15.1 Å². The highest BCUT2D eigenvalue weighted by atomic mass is 16.2. The van der Waals surface area contributed by atoms with Gasteiger partial charge in [-0.1, -0.05) is 66.7 Å². The monoisotopic (exact) mass is 455 g/mol. The van der Waals surface area contributed by atoms with Gasteiger partial charge in [-0.3, -0.25) is 14.5 Å². The zero-order valence-corrected chi connectivity index (χ0v) is 19.4. The summed E-state index contributed by atoms with van der Waals surface area (Å²) in [5.41, 5.74) is 0.838. The first-order valence-corrected chi connectivity index (χ1v) is 11.9. The number of nitrogens with one attached hydrogen (secondary N) is 1. The van der Waals surface area contributed by atoms with Gasteiger partial charge in [0.25, 0.3) is 5.91 Å². The molecule has 34 heavy (non-hydrogen) atoms. The first kappa shape index (κ1) is 22.1. The summed E-state index contributed by atoms with van der Waals surface area (Å²) in [4.78, 5) is 41.9. The van der Waals surface area contributed by atoms with Gasteiger partial charge in [-0.05, 0) is 60.1 Å². The number of amides is 4. The number of hydrogen-bond acceptors (Lipinski definition) is 3. The van der Waals surface area contributed by atoms with Crippen LogP contribution in [-0.2, 0) is 21.5 Å². The van der Waals surface area contributed by atoms with Gasteiger partial charge in [0, 0.05) is 13.1 Å². The molecule has 6 nitrogen and oxygen atoms in total. The van der Waals surface area contributed by atoms with E-state index in [2.05, 4.69) is 29.6 Å². The number of carbonyl (C=O) groups is 3. The number of imide groups is 1. The molecule has 3 aromatic carbocycles. The zero-order chi connectivity index (χ0) is 23.7. The molecule has 5 rings (SSSR count). The van der Waals surface area contributed by atoms with Crippen LogP contribution in [0.3, 0.4) is 0 Å². The summed E-state index contributed by atoms with van der Waals surface area (Å²) in [6.45, 7) is 2.79. The van der Waals surface area contributed by atoms with E-state index in [9.17, 15) is 14.4 Å². The minimum atomic E-state index is -1.19. The van der Waals surface area contributed by atoms with Crippen LogP contribution in [0, 0.1) is 5.92 Å². The van der Waals surface area contributed by atoms with E-state index in [-0.39, 0.29) is 18.4 Å². The van der Waals surface area contributed by atoms with Gasteiger partial charge < -0.3 is 10.2 Å². The summed E-state index contributed by atoms with van der Waals surface area (Å²) < 4.78 is 0. The summed E-state index contributed by atoms with van der Waals surface area (Å²) >= 11 is 0. The summed E-state index contributed by atoms with van der Waals surface area (Å²) in [6, 6.07) is 23.5. The number of fused-ring (bicyclic) bond motifs is 1. The van der Waals surface area contributed by atoms with E-state index in [0.717, 1.165) is 34.9 Å². The maximum atomic E-state index is 13.3. The second-order valence-electron chi connectivity index (χ2n) is 9.52. The first-order valence-electron chi connectivity index (χ1n) is 11.9. The van der Waals surface area contributed by atoms with E-state index < -0.39 is 11.6 Å². The minimum absolute atomic E-state index is 0.176. The van der Waals surface area contributed by atoms with Crippen molar-refractivity contribution in [2.75, 3.05) is 19.6 Å². The van der Waals surface area contributed by atoms with Crippen LogP contribution in [0.5, 0.6) is 0 Å². The average Bonchev–Trinajstić information content (AvgIpc) is 3.08. The number of nitrogens with zero attached hydrogens (tertiary/aromatic N) is 2. The topological polar surface area (TPSA) is 69.7 Å². The largest absolute Gasteiger partial charge is 0.341 e. The molecular weight excluding hydrogens is 426 g/mol. The Balaban J connectivity index is 1.23. The van der Waals surface area contributed by atoms with Crippen molar-refractivity contribution in [3.63, 3.8) is 0 Å². The Kier molecular flexibility index (Phi) is 5.82. The van der Waals surface area contributed by atoms with Crippen LogP contribution in [-0.4, -0.2) is 47.3 Å². The lowest BCUT2D eigenvalue weighted by atomic mass is 9.90. The second kappa shape index (κ2) is 8.93. The van der Waals surface area contributed by atoms with Crippen LogP contribution in [0.1, 0.15) is 30.9 Å². The minimum Gasteiger partial charge on any atom is -0.341 e. The lowest BCUT2D eigenvalue weighted by Gasteiger charge is -2.33. The van der Waals surface area contributed by atoms with Crippen molar-refractivity contribution in [2.24, 2.45) is 5.92 Å². The molecule has 6 heteroatoms. The normalized spacial score (nSPS) is 21.2. The molecular formula is C28H29N3O3. The fraction of sp³-hybridized carbons (Fsp3) is 0.321. The molecule has 2 fully saturated rings. The fourth-order valence-electron chi connectivity index (χ4n) is 5.11. The molecule has 2 aliphatic heterocycles. The number of urea groups is 1. The molecule has 1 N–H and O–H groups in total. The predicted octanol–water partition coefficient (Wildman–Crippen LogP) is 4.09. The molecule has 0 aromatic heterocycles. The summed E-state index contributed by atoms with van der Waals surface area (Å²) in [6.07, 6.45) is 2.87. The molecule has 3 aromatic rings. The van der Waals surface area contributed by atoms with E-state index in [1.807, 2.05) is 48.5 Å². The summed E-state index contributed by atoms with van der Waals surface area (Å²) in [5.74, 6) is -0.0242. The molecule has 0 spiro atoms. The molecule has 0 unspecified atom stereocenters. The number of benzene rings is 3. The maximum Gasteiger partial charge on any atom is 0.325 e. The van der Waals surface area contributed by atoms with Crippen molar-refractivity contribution < 1.29 is 14.4 Å². The highest BCUT2D eigenvalue weighted by molar-refractivity contribution is 6.09. The van der Waals surface area contributed by atoms with E-state index in [1.54, 1.807) is 11.8 Å². The molecule has 2 saturated heterocycles. The summed E-state index contributed by atoms with van der Waals surface area (Å²) in [7, 11) is 0. The van der Waals surface area contributed by atoms with Crippen LogP contribution >= 0.6 is 0 Å². The Morgan fingerprint density at radius 2 is 1.62 bits per heavy atom. The predicted molar refractivity (Wildman–Crippen MR) is 131 cm³/mol. The molecule has 0 aliphatic carbocycles. The van der Waals surface area contributed by atoms with Gasteiger partial charge in [-0.15, -0.1) is 0 Å². The lowest BCUT2D eigenvalue weighted by molar-refractivity contribution is -0.139. The molecule has 2 heterocycles. The highest BCUT2D eigenvalue weighted by Crippen LogP contribution is 2.31. The van der Waals surface area contributed by atoms with Crippen LogP contribution in [0.15, 0.2) is 72.8 Å². The second-order valence-corrected chi connectivity index (χ2v) is 9.52.